The molecule has 6 heteroatoms. The molecule has 0 spiro atoms. The summed E-state index contributed by atoms with van der Waals surface area (Å²) in [5, 5.41) is 2.66. The minimum Gasteiger partial charge on any atom is -0.493 e. The van der Waals surface area contributed by atoms with Crippen LogP contribution >= 0.6 is 34.8 Å². The second kappa shape index (κ2) is 10.4. The topological polar surface area (TPSA) is 38.3 Å². The van der Waals surface area contributed by atoms with Crippen molar-refractivity contribution >= 4 is 40.7 Å². The van der Waals surface area contributed by atoms with Crippen LogP contribution in [0.25, 0.3) is 0 Å². The van der Waals surface area contributed by atoms with E-state index in [1.54, 1.807) is 0 Å². The molecule has 1 aromatic rings. The number of carbonyl (C=O) groups is 1. The van der Waals surface area contributed by atoms with E-state index >= 15 is 0 Å². The van der Waals surface area contributed by atoms with Crippen LogP contribution in [0.2, 0.25) is 0 Å². The van der Waals surface area contributed by atoms with Gasteiger partial charge in [-0.1, -0.05) is 80.5 Å². The third-order valence-electron chi connectivity index (χ3n) is 3.61. The second-order valence-corrected chi connectivity index (χ2v) is 8.00. The van der Waals surface area contributed by atoms with Gasteiger partial charge in [0.1, 0.15) is 5.75 Å². The molecule has 1 rings (SSSR count). The number of hydrogen-bond donors (Lipinski definition) is 1. The van der Waals surface area contributed by atoms with E-state index < -0.39 is 9.70 Å². The minimum absolute atomic E-state index is 0.273. The first-order chi connectivity index (χ1) is 11.3. The lowest BCUT2D eigenvalue weighted by Gasteiger charge is -2.20. The maximum Gasteiger partial charge on any atom is 0.272 e. The molecule has 1 N–H and O–H groups in total. The standard InChI is InChI=1S/C18H26Cl3NO2/c1-4-7-13-9-10-14(12-22-17(23)18(19,20)21)16(24-11-6-3)15(13)8-5-2/h9-10H,4-8,11-12H2,1-3H3,(H,22,23). The first-order valence-electron chi connectivity index (χ1n) is 8.46. The third-order valence-corrected chi connectivity index (χ3v) is 4.12. The summed E-state index contributed by atoms with van der Waals surface area (Å²) in [6.07, 6.45) is 4.99. The van der Waals surface area contributed by atoms with Crippen molar-refractivity contribution in [3.63, 3.8) is 0 Å². The van der Waals surface area contributed by atoms with E-state index in [4.69, 9.17) is 39.5 Å². The van der Waals surface area contributed by atoms with Crippen molar-refractivity contribution in [1.29, 1.82) is 0 Å². The fourth-order valence-corrected chi connectivity index (χ4v) is 2.74. The Morgan fingerprint density at radius 2 is 1.67 bits per heavy atom. The van der Waals surface area contributed by atoms with Gasteiger partial charge >= 0.3 is 0 Å². The van der Waals surface area contributed by atoms with Gasteiger partial charge in [0.05, 0.1) is 6.61 Å². The molecule has 136 valence electrons. The van der Waals surface area contributed by atoms with Crippen LogP contribution in [0.4, 0.5) is 0 Å². The molecule has 0 saturated carbocycles. The van der Waals surface area contributed by atoms with Gasteiger partial charge in [0, 0.05) is 12.1 Å². The molecule has 0 heterocycles. The van der Waals surface area contributed by atoms with E-state index in [9.17, 15) is 4.79 Å². The average molecular weight is 395 g/mol. The molecular weight excluding hydrogens is 369 g/mol. The number of carbonyl (C=O) groups excluding carboxylic acids is 1. The van der Waals surface area contributed by atoms with Gasteiger partial charge in [0.25, 0.3) is 9.70 Å². The van der Waals surface area contributed by atoms with Crippen molar-refractivity contribution in [2.45, 2.75) is 63.2 Å². The molecule has 0 fully saturated rings. The van der Waals surface area contributed by atoms with Crippen molar-refractivity contribution in [3.05, 3.63) is 28.8 Å². The van der Waals surface area contributed by atoms with Crippen LogP contribution in [-0.2, 0) is 24.2 Å². The van der Waals surface area contributed by atoms with Crippen molar-refractivity contribution in [2.75, 3.05) is 6.61 Å². The summed E-state index contributed by atoms with van der Waals surface area (Å²) in [6.45, 7) is 7.29. The first kappa shape index (κ1) is 21.4. The number of amides is 1. The summed E-state index contributed by atoms with van der Waals surface area (Å²) in [7, 11) is 0. The predicted molar refractivity (Wildman–Crippen MR) is 102 cm³/mol. The van der Waals surface area contributed by atoms with Gasteiger partial charge in [-0.15, -0.1) is 0 Å². The molecule has 24 heavy (non-hydrogen) atoms. The second-order valence-electron chi connectivity index (χ2n) is 5.72. The van der Waals surface area contributed by atoms with Crippen LogP contribution in [0.1, 0.15) is 56.7 Å². The van der Waals surface area contributed by atoms with Crippen LogP contribution in [0, 0.1) is 0 Å². The van der Waals surface area contributed by atoms with Crippen LogP contribution in [0.15, 0.2) is 12.1 Å². The third kappa shape index (κ3) is 6.34. The molecule has 0 aromatic heterocycles. The number of aryl methyl sites for hydroxylation is 1. The molecule has 0 saturated heterocycles. The summed E-state index contributed by atoms with van der Waals surface area (Å²) in [5.74, 6) is 0.234. The smallest absolute Gasteiger partial charge is 0.272 e. The number of benzene rings is 1. The lowest BCUT2D eigenvalue weighted by Crippen LogP contribution is -2.34. The summed E-state index contributed by atoms with van der Waals surface area (Å²) in [4.78, 5) is 11.8. The molecule has 0 aliphatic heterocycles. The summed E-state index contributed by atoms with van der Waals surface area (Å²) in [6, 6.07) is 4.11. The Labute approximate surface area is 160 Å². The highest BCUT2D eigenvalue weighted by molar-refractivity contribution is 6.76. The molecule has 0 bridgehead atoms. The zero-order chi connectivity index (χ0) is 18.2. The van der Waals surface area contributed by atoms with Gasteiger partial charge in [-0.05, 0) is 30.4 Å². The average Bonchev–Trinajstić information content (AvgIpc) is 2.52. The van der Waals surface area contributed by atoms with Crippen LogP contribution in [-0.4, -0.2) is 16.3 Å². The van der Waals surface area contributed by atoms with Gasteiger partial charge in [-0.25, -0.2) is 0 Å². The molecule has 3 nitrogen and oxygen atoms in total. The minimum atomic E-state index is -1.96. The van der Waals surface area contributed by atoms with Crippen molar-refractivity contribution in [3.8, 4) is 5.75 Å². The highest BCUT2D eigenvalue weighted by atomic mass is 35.6. The number of alkyl halides is 3. The predicted octanol–water partition coefficient (Wildman–Crippen LogP) is 5.37. The highest BCUT2D eigenvalue weighted by Gasteiger charge is 2.30. The Hall–Kier alpha value is -0.640. The number of hydrogen-bond acceptors (Lipinski definition) is 2. The van der Waals surface area contributed by atoms with Gasteiger partial charge in [0.15, 0.2) is 0 Å². The zero-order valence-corrected chi connectivity index (χ0v) is 16.8. The molecule has 0 unspecified atom stereocenters. The van der Waals surface area contributed by atoms with Gasteiger partial charge in [-0.2, -0.15) is 0 Å². The summed E-state index contributed by atoms with van der Waals surface area (Å²) >= 11 is 16.8. The van der Waals surface area contributed by atoms with Gasteiger partial charge < -0.3 is 10.1 Å². The molecule has 0 atom stereocenters. The Morgan fingerprint density at radius 3 is 2.21 bits per heavy atom. The maximum absolute atomic E-state index is 11.8. The highest BCUT2D eigenvalue weighted by Crippen LogP contribution is 2.31. The van der Waals surface area contributed by atoms with E-state index in [0.717, 1.165) is 43.4 Å². The van der Waals surface area contributed by atoms with Crippen LogP contribution in [0.3, 0.4) is 0 Å². The molecule has 0 aliphatic carbocycles. The SMILES string of the molecule is CCCOc1c(CNC(=O)C(Cl)(Cl)Cl)ccc(CCC)c1CCC. The number of ether oxygens (including phenoxy) is 1. The Kier molecular flexibility index (Phi) is 9.25. The first-order valence-corrected chi connectivity index (χ1v) is 9.59. The molecular formula is C18H26Cl3NO2. The molecule has 0 radical (unpaired) electrons. The number of rotatable bonds is 9. The van der Waals surface area contributed by atoms with Crippen molar-refractivity contribution < 1.29 is 9.53 Å². The lowest BCUT2D eigenvalue weighted by atomic mass is 9.95. The Balaban J connectivity index is 3.12. The number of nitrogens with one attached hydrogen (secondary N) is 1. The van der Waals surface area contributed by atoms with E-state index in [1.165, 1.54) is 11.1 Å². The summed E-state index contributed by atoms with van der Waals surface area (Å²) < 4.78 is 4.07. The van der Waals surface area contributed by atoms with E-state index in [2.05, 4.69) is 32.2 Å². The van der Waals surface area contributed by atoms with Gasteiger partial charge in [-0.3, -0.25) is 4.79 Å². The van der Waals surface area contributed by atoms with E-state index in [0.29, 0.717) is 6.61 Å². The van der Waals surface area contributed by atoms with Crippen molar-refractivity contribution in [2.24, 2.45) is 0 Å². The normalized spacial score (nSPS) is 11.4. The van der Waals surface area contributed by atoms with Crippen LogP contribution in [0.5, 0.6) is 5.75 Å². The van der Waals surface area contributed by atoms with E-state index in [-0.39, 0.29) is 6.54 Å². The molecule has 0 aliphatic rings. The lowest BCUT2D eigenvalue weighted by molar-refractivity contribution is -0.120. The maximum atomic E-state index is 11.8. The Morgan fingerprint density at radius 1 is 1.04 bits per heavy atom. The number of halogens is 3. The van der Waals surface area contributed by atoms with E-state index in [1.807, 2.05) is 6.07 Å². The van der Waals surface area contributed by atoms with Crippen LogP contribution < -0.4 is 10.1 Å². The molecule has 1 aromatic carbocycles. The summed E-state index contributed by atoms with van der Waals surface area (Å²) in [5.41, 5.74) is 3.45. The fourth-order valence-electron chi connectivity index (χ4n) is 2.54. The zero-order valence-electron chi connectivity index (χ0n) is 14.6. The largest absolute Gasteiger partial charge is 0.493 e. The Bertz CT molecular complexity index is 542. The van der Waals surface area contributed by atoms with Crippen molar-refractivity contribution in [1.82, 2.24) is 5.32 Å². The van der Waals surface area contributed by atoms with Gasteiger partial charge in [0.2, 0.25) is 0 Å². The quantitative estimate of drug-likeness (QED) is 0.572. The fraction of sp³-hybridized carbons (Fsp3) is 0.611. The monoisotopic (exact) mass is 393 g/mol. The molecule has 1 amide bonds.